The van der Waals surface area contributed by atoms with Gasteiger partial charge in [0.1, 0.15) is 5.75 Å². The van der Waals surface area contributed by atoms with Crippen LogP contribution < -0.4 is 10.5 Å². The van der Waals surface area contributed by atoms with Gasteiger partial charge in [-0.15, -0.1) is 11.8 Å². The third-order valence-corrected chi connectivity index (χ3v) is 3.90. The van der Waals surface area contributed by atoms with E-state index in [1.54, 1.807) is 11.8 Å². The highest BCUT2D eigenvalue weighted by atomic mass is 32.2. The van der Waals surface area contributed by atoms with Crippen molar-refractivity contribution in [2.75, 3.05) is 12.4 Å². The normalized spacial score (nSPS) is 12.1. The molecule has 1 unspecified atom stereocenters. The fourth-order valence-corrected chi connectivity index (χ4v) is 2.71. The van der Waals surface area contributed by atoms with E-state index < -0.39 is 0 Å². The quantitative estimate of drug-likeness (QED) is 0.811. The largest absolute Gasteiger partial charge is 0.494 e. The minimum Gasteiger partial charge on any atom is -0.494 e. The van der Waals surface area contributed by atoms with Crippen molar-refractivity contribution in [1.29, 1.82) is 0 Å². The highest BCUT2D eigenvalue weighted by Gasteiger charge is 2.07. The number of hydrogen-bond acceptors (Lipinski definition) is 3. The van der Waals surface area contributed by atoms with Gasteiger partial charge in [0, 0.05) is 16.7 Å². The van der Waals surface area contributed by atoms with Crippen LogP contribution in [-0.4, -0.2) is 12.4 Å². The topological polar surface area (TPSA) is 35.2 Å². The molecule has 0 heterocycles. The summed E-state index contributed by atoms with van der Waals surface area (Å²) in [5.74, 6) is 1.75. The molecule has 3 heteroatoms. The standard InChI is InChI=1S/C16H19NOS/c1-2-18-14-8-6-7-13(11-14)16(17)12-19-15-9-4-3-5-10-15/h3-11,16H,2,12,17H2,1H3. The maximum absolute atomic E-state index is 6.23. The first-order chi connectivity index (χ1) is 9.29. The van der Waals surface area contributed by atoms with Crippen molar-refractivity contribution < 1.29 is 4.74 Å². The van der Waals surface area contributed by atoms with E-state index in [2.05, 4.69) is 18.2 Å². The van der Waals surface area contributed by atoms with E-state index in [-0.39, 0.29) is 6.04 Å². The summed E-state index contributed by atoms with van der Waals surface area (Å²) in [6.07, 6.45) is 0. The Morgan fingerprint density at radius 3 is 2.63 bits per heavy atom. The molecular weight excluding hydrogens is 254 g/mol. The molecule has 0 aliphatic heterocycles. The molecule has 2 nitrogen and oxygen atoms in total. The molecule has 100 valence electrons. The second-order valence-corrected chi connectivity index (χ2v) is 5.33. The molecule has 0 aromatic heterocycles. The zero-order valence-electron chi connectivity index (χ0n) is 11.1. The molecule has 0 spiro atoms. The van der Waals surface area contributed by atoms with E-state index in [1.165, 1.54) is 4.90 Å². The van der Waals surface area contributed by atoms with Gasteiger partial charge in [0.25, 0.3) is 0 Å². The van der Waals surface area contributed by atoms with Crippen LogP contribution in [0.3, 0.4) is 0 Å². The molecule has 0 saturated heterocycles. The van der Waals surface area contributed by atoms with Crippen molar-refractivity contribution >= 4 is 11.8 Å². The van der Waals surface area contributed by atoms with Crippen LogP contribution in [0.25, 0.3) is 0 Å². The first-order valence-electron chi connectivity index (χ1n) is 6.46. The monoisotopic (exact) mass is 273 g/mol. The van der Waals surface area contributed by atoms with E-state index in [4.69, 9.17) is 10.5 Å². The van der Waals surface area contributed by atoms with Crippen molar-refractivity contribution in [3.63, 3.8) is 0 Å². The second kappa shape index (κ2) is 7.22. The van der Waals surface area contributed by atoms with Gasteiger partial charge in [-0.2, -0.15) is 0 Å². The van der Waals surface area contributed by atoms with Crippen molar-refractivity contribution in [2.45, 2.75) is 17.9 Å². The Morgan fingerprint density at radius 1 is 1.11 bits per heavy atom. The minimum absolute atomic E-state index is 0.0191. The summed E-state index contributed by atoms with van der Waals surface area (Å²) in [6, 6.07) is 18.4. The highest BCUT2D eigenvalue weighted by Crippen LogP contribution is 2.25. The average Bonchev–Trinajstić information content (AvgIpc) is 2.46. The zero-order chi connectivity index (χ0) is 13.5. The number of hydrogen-bond donors (Lipinski definition) is 1. The van der Waals surface area contributed by atoms with Gasteiger partial charge in [-0.25, -0.2) is 0 Å². The summed E-state index contributed by atoms with van der Waals surface area (Å²) in [5.41, 5.74) is 7.35. The van der Waals surface area contributed by atoms with E-state index in [0.717, 1.165) is 17.1 Å². The number of ether oxygens (including phenoxy) is 1. The molecule has 0 amide bonds. The lowest BCUT2D eigenvalue weighted by Gasteiger charge is -2.13. The Balaban J connectivity index is 1.95. The van der Waals surface area contributed by atoms with Crippen LogP contribution in [-0.2, 0) is 0 Å². The maximum atomic E-state index is 6.23. The molecule has 2 aromatic carbocycles. The van der Waals surface area contributed by atoms with Crippen LogP contribution in [0, 0.1) is 0 Å². The van der Waals surface area contributed by atoms with Gasteiger partial charge in [-0.3, -0.25) is 0 Å². The summed E-state index contributed by atoms with van der Waals surface area (Å²) < 4.78 is 5.50. The van der Waals surface area contributed by atoms with Crippen LogP contribution in [0.2, 0.25) is 0 Å². The molecule has 1 atom stereocenters. The summed E-state index contributed by atoms with van der Waals surface area (Å²) in [5, 5.41) is 0. The molecule has 2 aromatic rings. The lowest BCUT2D eigenvalue weighted by Crippen LogP contribution is -2.13. The van der Waals surface area contributed by atoms with Crippen LogP contribution in [0.15, 0.2) is 59.5 Å². The molecule has 0 radical (unpaired) electrons. The molecule has 0 saturated carbocycles. The first kappa shape index (κ1) is 14.0. The SMILES string of the molecule is CCOc1cccc(C(N)CSc2ccccc2)c1. The molecule has 2 rings (SSSR count). The van der Waals surface area contributed by atoms with Crippen molar-refractivity contribution in [2.24, 2.45) is 5.73 Å². The zero-order valence-corrected chi connectivity index (χ0v) is 11.9. The van der Waals surface area contributed by atoms with Gasteiger partial charge >= 0.3 is 0 Å². The third kappa shape index (κ3) is 4.30. The summed E-state index contributed by atoms with van der Waals surface area (Å²) in [7, 11) is 0. The Morgan fingerprint density at radius 2 is 1.89 bits per heavy atom. The van der Waals surface area contributed by atoms with Crippen molar-refractivity contribution in [1.82, 2.24) is 0 Å². The number of thioether (sulfide) groups is 1. The van der Waals surface area contributed by atoms with E-state index >= 15 is 0 Å². The fourth-order valence-electron chi connectivity index (χ4n) is 1.80. The van der Waals surface area contributed by atoms with Gasteiger partial charge in [0.15, 0.2) is 0 Å². The predicted octanol–water partition coefficient (Wildman–Crippen LogP) is 3.88. The smallest absolute Gasteiger partial charge is 0.119 e. The first-order valence-corrected chi connectivity index (χ1v) is 7.44. The summed E-state index contributed by atoms with van der Waals surface area (Å²) in [4.78, 5) is 1.25. The van der Waals surface area contributed by atoms with Gasteiger partial charge in [0.2, 0.25) is 0 Å². The van der Waals surface area contributed by atoms with Gasteiger partial charge in [0.05, 0.1) is 6.61 Å². The Hall–Kier alpha value is -1.45. The average molecular weight is 273 g/mol. The summed E-state index contributed by atoms with van der Waals surface area (Å²) in [6.45, 7) is 2.66. The molecule has 0 fully saturated rings. The Kier molecular flexibility index (Phi) is 5.31. The molecule has 2 N–H and O–H groups in total. The lowest BCUT2D eigenvalue weighted by molar-refractivity contribution is 0.339. The van der Waals surface area contributed by atoms with Crippen molar-refractivity contribution in [3.05, 3.63) is 60.2 Å². The molecule has 0 bridgehead atoms. The molecular formula is C16H19NOS. The Bertz CT molecular complexity index is 501. The molecule has 19 heavy (non-hydrogen) atoms. The highest BCUT2D eigenvalue weighted by molar-refractivity contribution is 7.99. The van der Waals surface area contributed by atoms with Crippen LogP contribution in [0.5, 0.6) is 5.75 Å². The molecule has 0 aliphatic carbocycles. The van der Waals surface area contributed by atoms with Gasteiger partial charge in [-0.05, 0) is 36.8 Å². The third-order valence-electron chi connectivity index (χ3n) is 2.77. The van der Waals surface area contributed by atoms with Crippen molar-refractivity contribution in [3.8, 4) is 5.75 Å². The summed E-state index contributed by atoms with van der Waals surface area (Å²) >= 11 is 1.78. The van der Waals surface area contributed by atoms with E-state index in [9.17, 15) is 0 Å². The number of benzene rings is 2. The van der Waals surface area contributed by atoms with E-state index in [0.29, 0.717) is 6.61 Å². The fraction of sp³-hybridized carbons (Fsp3) is 0.250. The maximum Gasteiger partial charge on any atom is 0.119 e. The second-order valence-electron chi connectivity index (χ2n) is 4.24. The lowest BCUT2D eigenvalue weighted by atomic mass is 10.1. The van der Waals surface area contributed by atoms with Gasteiger partial charge < -0.3 is 10.5 Å². The van der Waals surface area contributed by atoms with Crippen LogP contribution >= 0.6 is 11.8 Å². The van der Waals surface area contributed by atoms with E-state index in [1.807, 2.05) is 43.3 Å². The number of rotatable bonds is 6. The van der Waals surface area contributed by atoms with Crippen LogP contribution in [0.4, 0.5) is 0 Å². The predicted molar refractivity (Wildman–Crippen MR) is 81.7 cm³/mol. The van der Waals surface area contributed by atoms with Crippen LogP contribution in [0.1, 0.15) is 18.5 Å². The molecule has 0 aliphatic rings. The Labute approximate surface area is 119 Å². The van der Waals surface area contributed by atoms with Gasteiger partial charge in [-0.1, -0.05) is 30.3 Å². The number of nitrogens with two attached hydrogens (primary N) is 1. The minimum atomic E-state index is 0.0191.